The van der Waals surface area contributed by atoms with Crippen LogP contribution in [0.15, 0.2) is 53.0 Å². The Morgan fingerprint density at radius 1 is 1.00 bits per heavy atom. The average molecular weight is 320 g/mol. The number of methoxy groups -OCH3 is 1. The van der Waals surface area contributed by atoms with Gasteiger partial charge in [-0.1, -0.05) is 40.2 Å². The predicted octanol–water partition coefficient (Wildman–Crippen LogP) is 4.09. The topological polar surface area (TPSA) is 12.5 Å². The van der Waals surface area contributed by atoms with Gasteiger partial charge < -0.3 is 4.74 Å². The zero-order valence-corrected chi connectivity index (χ0v) is 12.9. The van der Waals surface area contributed by atoms with E-state index in [4.69, 9.17) is 4.74 Å². The van der Waals surface area contributed by atoms with Crippen LogP contribution in [-0.4, -0.2) is 19.1 Å². The maximum absolute atomic E-state index is 5.16. The van der Waals surface area contributed by atoms with Crippen LogP contribution in [0.25, 0.3) is 0 Å². The monoisotopic (exact) mass is 319 g/mol. The lowest BCUT2D eigenvalue weighted by Crippen LogP contribution is -2.17. The molecule has 2 nitrogen and oxygen atoms in total. The molecule has 2 rings (SSSR count). The summed E-state index contributed by atoms with van der Waals surface area (Å²) in [5.41, 5.74) is 2.60. The quantitative estimate of drug-likeness (QED) is 0.823. The molecule has 0 spiro atoms. The third-order valence-corrected chi connectivity index (χ3v) is 3.45. The van der Waals surface area contributed by atoms with Gasteiger partial charge >= 0.3 is 0 Å². The lowest BCUT2D eigenvalue weighted by atomic mass is 10.2. The lowest BCUT2D eigenvalue weighted by molar-refractivity contribution is 0.319. The van der Waals surface area contributed by atoms with E-state index in [-0.39, 0.29) is 0 Å². The van der Waals surface area contributed by atoms with Crippen molar-refractivity contribution in [1.29, 1.82) is 0 Å². The van der Waals surface area contributed by atoms with E-state index in [0.717, 1.165) is 23.3 Å². The molecular formula is C16H18BrNO. The van der Waals surface area contributed by atoms with Gasteiger partial charge in [0.25, 0.3) is 0 Å². The Morgan fingerprint density at radius 3 is 2.32 bits per heavy atom. The maximum Gasteiger partial charge on any atom is 0.118 e. The SMILES string of the molecule is COc1ccc(CN(C)Cc2cccc(Br)c2)cc1. The van der Waals surface area contributed by atoms with Crippen LogP contribution in [0, 0.1) is 0 Å². The van der Waals surface area contributed by atoms with Gasteiger partial charge in [0.2, 0.25) is 0 Å². The van der Waals surface area contributed by atoms with Crippen molar-refractivity contribution in [2.75, 3.05) is 14.2 Å². The fourth-order valence-corrected chi connectivity index (χ4v) is 2.49. The van der Waals surface area contributed by atoms with Gasteiger partial charge in [-0.05, 0) is 42.4 Å². The maximum atomic E-state index is 5.16. The molecule has 2 aromatic rings. The first-order valence-electron chi connectivity index (χ1n) is 6.23. The fraction of sp³-hybridized carbons (Fsp3) is 0.250. The number of hydrogen-bond donors (Lipinski definition) is 0. The molecular weight excluding hydrogens is 302 g/mol. The molecule has 19 heavy (non-hydrogen) atoms. The van der Waals surface area contributed by atoms with E-state index in [9.17, 15) is 0 Å². The van der Waals surface area contributed by atoms with Gasteiger partial charge in [0.05, 0.1) is 7.11 Å². The first-order chi connectivity index (χ1) is 9.17. The van der Waals surface area contributed by atoms with Crippen LogP contribution in [0.2, 0.25) is 0 Å². The molecule has 0 aliphatic carbocycles. The van der Waals surface area contributed by atoms with Crippen LogP contribution in [0.4, 0.5) is 0 Å². The van der Waals surface area contributed by atoms with Crippen molar-refractivity contribution >= 4 is 15.9 Å². The highest BCUT2D eigenvalue weighted by Gasteiger charge is 2.02. The van der Waals surface area contributed by atoms with Crippen LogP contribution >= 0.6 is 15.9 Å². The van der Waals surface area contributed by atoms with Gasteiger partial charge in [0.1, 0.15) is 5.75 Å². The van der Waals surface area contributed by atoms with Gasteiger partial charge in [-0.25, -0.2) is 0 Å². The normalized spacial score (nSPS) is 10.7. The van der Waals surface area contributed by atoms with E-state index in [1.807, 2.05) is 18.2 Å². The van der Waals surface area contributed by atoms with Crippen molar-refractivity contribution in [3.63, 3.8) is 0 Å². The second-order valence-electron chi connectivity index (χ2n) is 4.65. The van der Waals surface area contributed by atoms with Gasteiger partial charge in [0.15, 0.2) is 0 Å². The van der Waals surface area contributed by atoms with Crippen molar-refractivity contribution in [2.24, 2.45) is 0 Å². The molecule has 0 radical (unpaired) electrons. The molecule has 3 heteroatoms. The summed E-state index contributed by atoms with van der Waals surface area (Å²) in [6.45, 7) is 1.86. The van der Waals surface area contributed by atoms with Crippen LogP contribution in [0.3, 0.4) is 0 Å². The predicted molar refractivity (Wildman–Crippen MR) is 82.3 cm³/mol. The Hall–Kier alpha value is -1.32. The summed E-state index contributed by atoms with van der Waals surface area (Å²) in [5.74, 6) is 0.901. The zero-order chi connectivity index (χ0) is 13.7. The molecule has 0 atom stereocenters. The Kier molecular flexibility index (Phi) is 5.00. The van der Waals surface area contributed by atoms with Crippen molar-refractivity contribution in [1.82, 2.24) is 4.90 Å². The highest BCUT2D eigenvalue weighted by Crippen LogP contribution is 2.15. The Labute approximate surface area is 123 Å². The number of nitrogens with zero attached hydrogens (tertiary/aromatic N) is 1. The second kappa shape index (κ2) is 6.73. The summed E-state index contributed by atoms with van der Waals surface area (Å²) in [6, 6.07) is 16.6. The van der Waals surface area contributed by atoms with E-state index in [1.54, 1.807) is 7.11 Å². The van der Waals surface area contributed by atoms with E-state index in [2.05, 4.69) is 58.2 Å². The smallest absolute Gasteiger partial charge is 0.118 e. The molecule has 0 aromatic heterocycles. The first-order valence-corrected chi connectivity index (χ1v) is 7.02. The molecule has 0 fully saturated rings. The summed E-state index contributed by atoms with van der Waals surface area (Å²) in [4.78, 5) is 2.30. The summed E-state index contributed by atoms with van der Waals surface area (Å²) >= 11 is 3.50. The average Bonchev–Trinajstić information content (AvgIpc) is 2.39. The first kappa shape index (κ1) is 14.1. The van der Waals surface area contributed by atoms with Crippen molar-refractivity contribution in [3.05, 3.63) is 64.1 Å². The molecule has 0 saturated carbocycles. The van der Waals surface area contributed by atoms with Gasteiger partial charge in [0, 0.05) is 17.6 Å². The number of benzene rings is 2. The zero-order valence-electron chi connectivity index (χ0n) is 11.3. The number of ether oxygens (including phenoxy) is 1. The summed E-state index contributed by atoms with van der Waals surface area (Å²) < 4.78 is 6.29. The second-order valence-corrected chi connectivity index (χ2v) is 5.57. The van der Waals surface area contributed by atoms with Crippen LogP contribution < -0.4 is 4.74 Å². The van der Waals surface area contributed by atoms with Crippen LogP contribution in [0.5, 0.6) is 5.75 Å². The molecule has 0 heterocycles. The number of hydrogen-bond acceptors (Lipinski definition) is 2. The summed E-state index contributed by atoms with van der Waals surface area (Å²) in [5, 5.41) is 0. The molecule has 0 aliphatic heterocycles. The molecule has 0 aliphatic rings. The van der Waals surface area contributed by atoms with Gasteiger partial charge in [-0.3, -0.25) is 4.90 Å². The van der Waals surface area contributed by atoms with Gasteiger partial charge in [-0.2, -0.15) is 0 Å². The molecule has 0 N–H and O–H groups in total. The summed E-state index contributed by atoms with van der Waals surface area (Å²) in [7, 11) is 3.82. The summed E-state index contributed by atoms with van der Waals surface area (Å²) in [6.07, 6.45) is 0. The lowest BCUT2D eigenvalue weighted by Gasteiger charge is -2.17. The van der Waals surface area contributed by atoms with E-state index >= 15 is 0 Å². The van der Waals surface area contributed by atoms with Crippen molar-refractivity contribution < 1.29 is 4.74 Å². The molecule has 0 bridgehead atoms. The third-order valence-electron chi connectivity index (χ3n) is 2.95. The third kappa shape index (κ3) is 4.37. The largest absolute Gasteiger partial charge is 0.497 e. The minimum absolute atomic E-state index is 0.901. The number of halogens is 1. The molecule has 2 aromatic carbocycles. The highest BCUT2D eigenvalue weighted by molar-refractivity contribution is 9.10. The highest BCUT2D eigenvalue weighted by atomic mass is 79.9. The Bertz CT molecular complexity index is 525. The van der Waals surface area contributed by atoms with Crippen molar-refractivity contribution in [2.45, 2.75) is 13.1 Å². The van der Waals surface area contributed by atoms with Gasteiger partial charge in [-0.15, -0.1) is 0 Å². The van der Waals surface area contributed by atoms with E-state index in [0.29, 0.717) is 0 Å². The standard InChI is InChI=1S/C16H18BrNO/c1-18(12-14-4-3-5-15(17)10-14)11-13-6-8-16(19-2)9-7-13/h3-10H,11-12H2,1-2H3. The van der Waals surface area contributed by atoms with E-state index in [1.165, 1.54) is 11.1 Å². The van der Waals surface area contributed by atoms with E-state index < -0.39 is 0 Å². The Balaban J connectivity index is 1.95. The molecule has 0 amide bonds. The minimum Gasteiger partial charge on any atom is -0.497 e. The molecule has 0 saturated heterocycles. The van der Waals surface area contributed by atoms with Crippen molar-refractivity contribution in [3.8, 4) is 5.75 Å². The van der Waals surface area contributed by atoms with Crippen LogP contribution in [0.1, 0.15) is 11.1 Å². The van der Waals surface area contributed by atoms with Crippen LogP contribution in [-0.2, 0) is 13.1 Å². The Morgan fingerprint density at radius 2 is 1.68 bits per heavy atom. The molecule has 0 unspecified atom stereocenters. The minimum atomic E-state index is 0.901. The molecule has 100 valence electrons. The fourth-order valence-electron chi connectivity index (χ4n) is 2.05. The number of rotatable bonds is 5.